The highest BCUT2D eigenvalue weighted by Gasteiger charge is 2.24. The number of benzene rings is 1. The molecule has 4 N–H and O–H groups in total. The van der Waals surface area contributed by atoms with E-state index in [-0.39, 0.29) is 11.9 Å². The Morgan fingerprint density at radius 2 is 1.83 bits per heavy atom. The second kappa shape index (κ2) is 7.99. The summed E-state index contributed by atoms with van der Waals surface area (Å²) < 4.78 is 0. The zero-order valence-corrected chi connectivity index (χ0v) is 19.0. The molecule has 5 aromatic rings. The van der Waals surface area contributed by atoms with Crippen molar-refractivity contribution >= 4 is 27.8 Å². The van der Waals surface area contributed by atoms with Crippen LogP contribution in [0.2, 0.25) is 0 Å². The van der Waals surface area contributed by atoms with Gasteiger partial charge in [0, 0.05) is 42.0 Å². The van der Waals surface area contributed by atoms with Crippen molar-refractivity contribution in [1.29, 1.82) is 0 Å². The minimum absolute atomic E-state index is 0.0801. The maximum absolute atomic E-state index is 13.2. The molecule has 1 aliphatic carbocycles. The maximum Gasteiger partial charge on any atom is 0.253 e. The van der Waals surface area contributed by atoms with Gasteiger partial charge in [0.25, 0.3) is 5.91 Å². The van der Waals surface area contributed by atoms with Gasteiger partial charge in [-0.25, -0.2) is 4.98 Å². The van der Waals surface area contributed by atoms with Crippen LogP contribution in [-0.4, -0.2) is 48.1 Å². The number of aromatic nitrogens is 6. The molecule has 9 nitrogen and oxygen atoms in total. The van der Waals surface area contributed by atoms with Crippen molar-refractivity contribution in [1.82, 2.24) is 40.8 Å². The van der Waals surface area contributed by atoms with E-state index < -0.39 is 0 Å². The van der Waals surface area contributed by atoms with Crippen LogP contribution in [0.25, 0.3) is 44.7 Å². The van der Waals surface area contributed by atoms with Crippen molar-refractivity contribution in [2.24, 2.45) is 0 Å². The third-order valence-corrected chi connectivity index (χ3v) is 7.18. The molecule has 174 valence electrons. The van der Waals surface area contributed by atoms with Crippen LogP contribution in [0.5, 0.6) is 0 Å². The topological polar surface area (TPSA) is 124 Å². The van der Waals surface area contributed by atoms with Gasteiger partial charge >= 0.3 is 0 Å². The molecule has 6 heterocycles. The number of aromatic amines is 2. The average molecular weight is 465 g/mol. The van der Waals surface area contributed by atoms with E-state index in [0.29, 0.717) is 28.6 Å². The number of hydrogen-bond acceptors (Lipinski definition) is 6. The number of H-pyrrole nitrogens is 2. The molecule has 0 atom stereocenters. The van der Waals surface area contributed by atoms with Crippen LogP contribution in [-0.2, 0) is 6.54 Å². The van der Waals surface area contributed by atoms with Crippen LogP contribution in [0.15, 0.2) is 48.9 Å². The highest BCUT2D eigenvalue weighted by molar-refractivity contribution is 6.06. The van der Waals surface area contributed by atoms with Gasteiger partial charge in [-0.05, 0) is 55.5 Å². The van der Waals surface area contributed by atoms with Gasteiger partial charge in [-0.15, -0.1) is 0 Å². The van der Waals surface area contributed by atoms with Crippen LogP contribution in [0.4, 0.5) is 0 Å². The molecule has 35 heavy (non-hydrogen) atoms. The number of para-hydroxylation sites is 1. The SMILES string of the molecule is O=C1NC2CCC(CC2)NCc2cncc(c2)-c2cc3c(n[nH]c3cn2)-c2nc3c1cccc3[nH]2. The van der Waals surface area contributed by atoms with E-state index in [2.05, 4.69) is 41.8 Å². The Labute approximate surface area is 200 Å². The predicted molar refractivity (Wildman–Crippen MR) is 133 cm³/mol. The van der Waals surface area contributed by atoms with Crippen LogP contribution in [0.3, 0.4) is 0 Å². The summed E-state index contributed by atoms with van der Waals surface area (Å²) in [7, 11) is 0. The number of nitrogens with zero attached hydrogens (tertiary/aromatic N) is 4. The molecule has 0 saturated heterocycles. The van der Waals surface area contributed by atoms with E-state index in [1.807, 2.05) is 36.7 Å². The number of hydrogen-bond donors (Lipinski definition) is 4. The summed E-state index contributed by atoms with van der Waals surface area (Å²) in [4.78, 5) is 30.5. The van der Waals surface area contributed by atoms with Gasteiger partial charge in [-0.2, -0.15) is 5.10 Å². The highest BCUT2D eigenvalue weighted by Crippen LogP contribution is 2.30. The molecular weight excluding hydrogens is 440 g/mol. The first kappa shape index (κ1) is 20.3. The molecule has 1 saturated carbocycles. The summed E-state index contributed by atoms with van der Waals surface area (Å²) in [6, 6.07) is 10.4. The molecule has 8 bridgehead atoms. The Bertz CT molecular complexity index is 1580. The zero-order chi connectivity index (χ0) is 23.4. The van der Waals surface area contributed by atoms with Crippen molar-refractivity contribution < 1.29 is 4.79 Å². The monoisotopic (exact) mass is 464 g/mol. The summed E-state index contributed by atoms with van der Waals surface area (Å²) >= 11 is 0. The normalized spacial score (nSPS) is 20.2. The number of fused-ring (bicyclic) bond motifs is 4. The minimum Gasteiger partial charge on any atom is -0.349 e. The van der Waals surface area contributed by atoms with Crippen LogP contribution >= 0.6 is 0 Å². The Morgan fingerprint density at radius 1 is 0.943 bits per heavy atom. The molecule has 1 amide bonds. The fourth-order valence-electron chi connectivity index (χ4n) is 5.27. The molecule has 1 aromatic carbocycles. The number of amides is 1. The van der Waals surface area contributed by atoms with E-state index in [1.54, 1.807) is 6.20 Å². The van der Waals surface area contributed by atoms with Gasteiger partial charge in [0.15, 0.2) is 5.82 Å². The number of imidazole rings is 1. The zero-order valence-electron chi connectivity index (χ0n) is 19.0. The molecule has 2 aliphatic heterocycles. The molecule has 8 rings (SSSR count). The second-order valence-electron chi connectivity index (χ2n) is 9.46. The van der Waals surface area contributed by atoms with E-state index in [4.69, 9.17) is 4.98 Å². The third kappa shape index (κ3) is 3.55. The van der Waals surface area contributed by atoms with Gasteiger partial charge in [0.05, 0.1) is 28.5 Å². The Hall–Kier alpha value is -4.11. The van der Waals surface area contributed by atoms with Gasteiger partial charge in [-0.1, -0.05) is 6.07 Å². The summed E-state index contributed by atoms with van der Waals surface area (Å²) in [5, 5.41) is 15.4. The van der Waals surface area contributed by atoms with Crippen molar-refractivity contribution in [2.45, 2.75) is 44.3 Å². The molecule has 0 spiro atoms. The van der Waals surface area contributed by atoms with Gasteiger partial charge in [0.2, 0.25) is 0 Å². The lowest BCUT2D eigenvalue weighted by atomic mass is 9.90. The first-order chi connectivity index (χ1) is 17.2. The first-order valence-corrected chi connectivity index (χ1v) is 12.0. The molecule has 9 heteroatoms. The van der Waals surface area contributed by atoms with E-state index in [9.17, 15) is 4.79 Å². The van der Waals surface area contributed by atoms with E-state index in [1.165, 1.54) is 0 Å². The molecule has 0 radical (unpaired) electrons. The van der Waals surface area contributed by atoms with Crippen LogP contribution in [0.1, 0.15) is 41.6 Å². The molecule has 4 aromatic heterocycles. The molecule has 3 aliphatic rings. The number of pyridine rings is 2. The average Bonchev–Trinajstić information content (AvgIpc) is 3.51. The Kier molecular flexibility index (Phi) is 4.63. The van der Waals surface area contributed by atoms with Crippen LogP contribution < -0.4 is 10.6 Å². The Balaban J connectivity index is 1.40. The van der Waals surface area contributed by atoms with Crippen molar-refractivity contribution in [2.75, 3.05) is 0 Å². The molecular formula is C26H24N8O. The summed E-state index contributed by atoms with van der Waals surface area (Å²) in [5.74, 6) is 0.529. The summed E-state index contributed by atoms with van der Waals surface area (Å²) in [6.07, 6.45) is 9.47. The minimum atomic E-state index is -0.0801. The first-order valence-electron chi connectivity index (χ1n) is 12.0. The number of rotatable bonds is 0. The lowest BCUT2D eigenvalue weighted by Gasteiger charge is -2.30. The fraction of sp³-hybridized carbons (Fsp3) is 0.269. The molecule has 1 fully saturated rings. The van der Waals surface area contributed by atoms with E-state index in [0.717, 1.165) is 65.5 Å². The van der Waals surface area contributed by atoms with Crippen molar-refractivity contribution in [3.8, 4) is 22.8 Å². The van der Waals surface area contributed by atoms with Gasteiger partial charge in [0.1, 0.15) is 11.2 Å². The number of nitrogens with one attached hydrogen (secondary N) is 4. The number of carbonyl (C=O) groups is 1. The summed E-state index contributed by atoms with van der Waals surface area (Å²) in [6.45, 7) is 0.749. The van der Waals surface area contributed by atoms with Crippen LogP contribution in [0, 0.1) is 0 Å². The molecule has 0 unspecified atom stereocenters. The lowest BCUT2D eigenvalue weighted by Crippen LogP contribution is -2.42. The fourth-order valence-corrected chi connectivity index (χ4v) is 5.27. The van der Waals surface area contributed by atoms with Gasteiger partial charge < -0.3 is 15.6 Å². The lowest BCUT2D eigenvalue weighted by molar-refractivity contribution is 0.0925. The smallest absolute Gasteiger partial charge is 0.253 e. The highest BCUT2D eigenvalue weighted by atomic mass is 16.1. The quantitative estimate of drug-likeness (QED) is 0.277. The summed E-state index contributed by atoms with van der Waals surface area (Å²) in [5.41, 5.74) is 6.43. The van der Waals surface area contributed by atoms with E-state index >= 15 is 0 Å². The maximum atomic E-state index is 13.2. The predicted octanol–water partition coefficient (Wildman–Crippen LogP) is 3.71. The number of carbonyl (C=O) groups excluding carboxylic acids is 1. The Morgan fingerprint density at radius 3 is 2.74 bits per heavy atom. The largest absolute Gasteiger partial charge is 0.349 e. The van der Waals surface area contributed by atoms with Gasteiger partial charge in [-0.3, -0.25) is 19.9 Å². The van der Waals surface area contributed by atoms with Crippen molar-refractivity contribution in [3.05, 3.63) is 60.0 Å². The second-order valence-corrected chi connectivity index (χ2v) is 9.46. The van der Waals surface area contributed by atoms with Crippen molar-refractivity contribution in [3.63, 3.8) is 0 Å². The third-order valence-electron chi connectivity index (χ3n) is 7.18. The standard InChI is InChI=1S/C26H24N8O/c35-26-18-2-1-3-20-23(18)32-25(31-20)24-19-9-21(29-13-22(19)33-34-24)15-8-14(10-27-12-15)11-28-16-4-6-17(30-26)7-5-16/h1-3,8-10,12-13,16-17,28H,4-7,11H2,(H,30,35)(H,31,32)(H,33,34).